The average molecular weight is 493 g/mol. The fourth-order valence-electron chi connectivity index (χ4n) is 2.93. The standard InChI is InChI=1S/C25H23N3O8/c1-3-34-20-6-4-5-7-21(20)35-16-24(29)27-26-15-17-8-13-22(23(14-17)33-2)36-25(30)18-9-11-19(12-10-18)28(31)32/h4-15H,3,16H2,1-2H3,(H,27,29)/b26-15-. The average Bonchev–Trinajstić information content (AvgIpc) is 2.89. The zero-order valence-electron chi connectivity index (χ0n) is 19.5. The van der Waals surface area contributed by atoms with Crippen molar-refractivity contribution in [3.05, 3.63) is 88.0 Å². The van der Waals surface area contributed by atoms with Gasteiger partial charge >= 0.3 is 5.97 Å². The number of para-hydroxylation sites is 2. The molecule has 0 spiro atoms. The van der Waals surface area contributed by atoms with Crippen LogP contribution in [0.15, 0.2) is 71.8 Å². The van der Waals surface area contributed by atoms with Gasteiger partial charge in [-0.1, -0.05) is 12.1 Å². The number of amides is 1. The van der Waals surface area contributed by atoms with Gasteiger partial charge in [-0.3, -0.25) is 14.9 Å². The Morgan fingerprint density at radius 3 is 2.31 bits per heavy atom. The van der Waals surface area contributed by atoms with E-state index in [1.54, 1.807) is 36.4 Å². The molecule has 0 aromatic heterocycles. The number of nitrogens with zero attached hydrogens (tertiary/aromatic N) is 2. The minimum Gasteiger partial charge on any atom is -0.493 e. The van der Waals surface area contributed by atoms with Crippen molar-refractivity contribution in [2.75, 3.05) is 20.3 Å². The van der Waals surface area contributed by atoms with Gasteiger partial charge in [0.1, 0.15) is 0 Å². The number of hydrogen-bond donors (Lipinski definition) is 1. The van der Waals surface area contributed by atoms with E-state index in [-0.39, 0.29) is 29.4 Å². The summed E-state index contributed by atoms with van der Waals surface area (Å²) in [7, 11) is 1.40. The molecule has 0 saturated carbocycles. The van der Waals surface area contributed by atoms with Gasteiger partial charge in [-0.25, -0.2) is 10.2 Å². The lowest BCUT2D eigenvalue weighted by Gasteiger charge is -2.11. The van der Waals surface area contributed by atoms with Gasteiger partial charge in [0.15, 0.2) is 29.6 Å². The lowest BCUT2D eigenvalue weighted by molar-refractivity contribution is -0.384. The summed E-state index contributed by atoms with van der Waals surface area (Å²) in [5.41, 5.74) is 2.93. The molecular formula is C25H23N3O8. The van der Waals surface area contributed by atoms with Crippen molar-refractivity contribution < 1.29 is 33.5 Å². The van der Waals surface area contributed by atoms with E-state index in [0.29, 0.717) is 23.7 Å². The van der Waals surface area contributed by atoms with Gasteiger partial charge in [0.05, 0.1) is 30.4 Å². The molecular weight excluding hydrogens is 470 g/mol. The number of nitro benzene ring substituents is 1. The molecule has 0 fully saturated rings. The molecule has 11 nitrogen and oxygen atoms in total. The van der Waals surface area contributed by atoms with Gasteiger partial charge in [-0.2, -0.15) is 5.10 Å². The quantitative estimate of drug-likeness (QED) is 0.140. The summed E-state index contributed by atoms with van der Waals surface area (Å²) in [6.07, 6.45) is 1.39. The maximum atomic E-state index is 12.4. The van der Waals surface area contributed by atoms with E-state index in [1.807, 2.05) is 6.92 Å². The first-order chi connectivity index (χ1) is 17.4. The Morgan fingerprint density at radius 2 is 1.67 bits per heavy atom. The number of hydrogen-bond acceptors (Lipinski definition) is 9. The monoisotopic (exact) mass is 493 g/mol. The number of nitro groups is 1. The zero-order valence-corrected chi connectivity index (χ0v) is 19.5. The van der Waals surface area contributed by atoms with Gasteiger partial charge in [-0.15, -0.1) is 0 Å². The Kier molecular flexibility index (Phi) is 8.93. The highest BCUT2D eigenvalue weighted by Gasteiger charge is 2.14. The second-order valence-electron chi connectivity index (χ2n) is 7.07. The third kappa shape index (κ3) is 7.03. The number of rotatable bonds is 11. The molecule has 0 unspecified atom stereocenters. The van der Waals surface area contributed by atoms with E-state index < -0.39 is 16.8 Å². The molecule has 0 bridgehead atoms. The summed E-state index contributed by atoms with van der Waals surface area (Å²) in [6.45, 7) is 2.06. The van der Waals surface area contributed by atoms with E-state index in [9.17, 15) is 19.7 Å². The van der Waals surface area contributed by atoms with Crippen LogP contribution in [-0.2, 0) is 4.79 Å². The molecule has 3 aromatic rings. The van der Waals surface area contributed by atoms with Crippen LogP contribution in [-0.4, -0.2) is 43.3 Å². The summed E-state index contributed by atoms with van der Waals surface area (Å²) in [5, 5.41) is 14.6. The molecule has 11 heteroatoms. The van der Waals surface area contributed by atoms with E-state index in [1.165, 1.54) is 43.7 Å². The highest BCUT2D eigenvalue weighted by Crippen LogP contribution is 2.29. The number of carbonyl (C=O) groups is 2. The van der Waals surface area contributed by atoms with Crippen LogP contribution in [0.25, 0.3) is 0 Å². The summed E-state index contributed by atoms with van der Waals surface area (Å²) < 4.78 is 21.6. The van der Waals surface area contributed by atoms with Gasteiger partial charge in [0, 0.05) is 12.1 Å². The molecule has 36 heavy (non-hydrogen) atoms. The van der Waals surface area contributed by atoms with Crippen LogP contribution in [0, 0.1) is 10.1 Å². The first-order valence-corrected chi connectivity index (χ1v) is 10.7. The van der Waals surface area contributed by atoms with Crippen LogP contribution in [0.1, 0.15) is 22.8 Å². The molecule has 3 rings (SSSR count). The molecule has 0 aliphatic heterocycles. The molecule has 0 atom stereocenters. The van der Waals surface area contributed by atoms with Crippen molar-refractivity contribution in [3.8, 4) is 23.0 Å². The minimum absolute atomic E-state index is 0.137. The highest BCUT2D eigenvalue weighted by molar-refractivity contribution is 5.92. The van der Waals surface area contributed by atoms with Crippen molar-refractivity contribution >= 4 is 23.8 Å². The Labute approximate surface area is 206 Å². The molecule has 1 amide bonds. The largest absolute Gasteiger partial charge is 0.493 e. The molecule has 3 aromatic carbocycles. The Morgan fingerprint density at radius 1 is 0.972 bits per heavy atom. The normalized spacial score (nSPS) is 10.5. The number of carbonyl (C=O) groups excluding carboxylic acids is 2. The summed E-state index contributed by atoms with van der Waals surface area (Å²) >= 11 is 0. The van der Waals surface area contributed by atoms with Gasteiger partial charge < -0.3 is 18.9 Å². The molecule has 0 aliphatic rings. The Bertz CT molecular complexity index is 1260. The molecule has 0 heterocycles. The lowest BCUT2D eigenvalue weighted by Crippen LogP contribution is -2.24. The molecule has 0 aliphatic carbocycles. The summed E-state index contributed by atoms with van der Waals surface area (Å²) in [5.74, 6) is 0.195. The van der Waals surface area contributed by atoms with Gasteiger partial charge in [-0.05, 0) is 55.0 Å². The number of non-ortho nitro benzene ring substituents is 1. The van der Waals surface area contributed by atoms with Gasteiger partial charge in [0.25, 0.3) is 11.6 Å². The summed E-state index contributed by atoms with van der Waals surface area (Å²) in [6, 6.07) is 16.7. The minimum atomic E-state index is -0.706. The first kappa shape index (κ1) is 25.7. The lowest BCUT2D eigenvalue weighted by atomic mass is 10.2. The van der Waals surface area contributed by atoms with Crippen molar-refractivity contribution in [1.29, 1.82) is 0 Å². The predicted molar refractivity (Wildman–Crippen MR) is 130 cm³/mol. The second-order valence-corrected chi connectivity index (χ2v) is 7.07. The molecule has 186 valence electrons. The number of esters is 1. The Balaban J connectivity index is 1.57. The number of hydrazone groups is 1. The van der Waals surface area contributed by atoms with E-state index >= 15 is 0 Å². The van der Waals surface area contributed by atoms with Crippen LogP contribution in [0.4, 0.5) is 5.69 Å². The zero-order chi connectivity index (χ0) is 25.9. The Hall–Kier alpha value is -4.93. The SMILES string of the molecule is CCOc1ccccc1OCC(=O)N/N=C\c1ccc(OC(=O)c2ccc([N+](=O)[O-])cc2)c(OC)c1. The third-order valence-electron chi connectivity index (χ3n) is 4.61. The van der Waals surface area contributed by atoms with Crippen LogP contribution < -0.4 is 24.4 Å². The fourth-order valence-corrected chi connectivity index (χ4v) is 2.93. The van der Waals surface area contributed by atoms with E-state index in [0.717, 1.165) is 0 Å². The maximum absolute atomic E-state index is 12.4. The summed E-state index contributed by atoms with van der Waals surface area (Å²) in [4.78, 5) is 34.6. The van der Waals surface area contributed by atoms with Crippen LogP contribution in [0.3, 0.4) is 0 Å². The molecule has 1 N–H and O–H groups in total. The number of benzene rings is 3. The third-order valence-corrected chi connectivity index (χ3v) is 4.61. The van der Waals surface area contributed by atoms with Crippen molar-refractivity contribution in [2.45, 2.75) is 6.92 Å². The van der Waals surface area contributed by atoms with Crippen LogP contribution in [0.5, 0.6) is 23.0 Å². The first-order valence-electron chi connectivity index (χ1n) is 10.7. The van der Waals surface area contributed by atoms with Crippen molar-refractivity contribution in [2.24, 2.45) is 5.10 Å². The fraction of sp³-hybridized carbons (Fsp3) is 0.160. The van der Waals surface area contributed by atoms with Crippen molar-refractivity contribution in [1.82, 2.24) is 5.43 Å². The second kappa shape index (κ2) is 12.5. The number of nitrogens with one attached hydrogen (secondary N) is 1. The van der Waals surface area contributed by atoms with Crippen molar-refractivity contribution in [3.63, 3.8) is 0 Å². The maximum Gasteiger partial charge on any atom is 0.343 e. The highest BCUT2D eigenvalue weighted by atomic mass is 16.6. The molecule has 0 radical (unpaired) electrons. The topological polar surface area (TPSA) is 139 Å². The smallest absolute Gasteiger partial charge is 0.343 e. The van der Waals surface area contributed by atoms with E-state index in [2.05, 4.69) is 10.5 Å². The van der Waals surface area contributed by atoms with E-state index in [4.69, 9.17) is 18.9 Å². The van der Waals surface area contributed by atoms with Crippen LogP contribution in [0.2, 0.25) is 0 Å². The number of ether oxygens (including phenoxy) is 4. The van der Waals surface area contributed by atoms with Gasteiger partial charge in [0.2, 0.25) is 0 Å². The predicted octanol–water partition coefficient (Wildman–Crippen LogP) is 3.75. The number of methoxy groups -OCH3 is 1. The molecule has 0 saturated heterocycles. The van der Waals surface area contributed by atoms with Crippen LogP contribution >= 0.6 is 0 Å².